The van der Waals surface area contributed by atoms with Gasteiger partial charge in [-0.05, 0) is 41.9 Å². The Morgan fingerprint density at radius 2 is 1.71 bits per heavy atom. The van der Waals surface area contributed by atoms with Crippen LogP contribution in [0.15, 0.2) is 24.3 Å². The van der Waals surface area contributed by atoms with E-state index in [1.54, 1.807) is 12.1 Å². The quantitative estimate of drug-likeness (QED) is 0.834. The first-order valence-electron chi connectivity index (χ1n) is 7.64. The number of hydrogen-bond acceptors (Lipinski definition) is 1. The van der Waals surface area contributed by atoms with E-state index in [9.17, 15) is 13.6 Å². The third-order valence-corrected chi connectivity index (χ3v) is 4.75. The Bertz CT molecular complexity index is 518. The molecular formula is C17H21F2NO. The molecule has 1 aromatic carbocycles. The first-order valence-corrected chi connectivity index (χ1v) is 7.64. The number of benzene rings is 1. The lowest BCUT2D eigenvalue weighted by Gasteiger charge is -2.15. The molecule has 2 aliphatic rings. The Labute approximate surface area is 124 Å². The normalized spacial score (nSPS) is 31.8. The van der Waals surface area contributed by atoms with E-state index in [0.717, 1.165) is 5.92 Å². The molecular weight excluding hydrogens is 272 g/mol. The zero-order chi connectivity index (χ0) is 15.1. The van der Waals surface area contributed by atoms with Crippen LogP contribution in [0.4, 0.5) is 8.78 Å². The third kappa shape index (κ3) is 2.81. The third-order valence-electron chi connectivity index (χ3n) is 4.75. The Hall–Kier alpha value is -1.45. The Balaban J connectivity index is 1.66. The van der Waals surface area contributed by atoms with Crippen molar-refractivity contribution < 1.29 is 13.6 Å². The maximum Gasteiger partial charge on any atom is 0.254 e. The van der Waals surface area contributed by atoms with E-state index in [1.165, 1.54) is 16.9 Å². The van der Waals surface area contributed by atoms with E-state index in [4.69, 9.17) is 0 Å². The van der Waals surface area contributed by atoms with Crippen molar-refractivity contribution in [1.29, 1.82) is 0 Å². The molecule has 0 aromatic heterocycles. The van der Waals surface area contributed by atoms with E-state index in [2.05, 4.69) is 13.8 Å². The highest BCUT2D eigenvalue weighted by Gasteiger charge is 2.40. The molecule has 1 amide bonds. The van der Waals surface area contributed by atoms with Gasteiger partial charge in [-0.15, -0.1) is 0 Å². The summed E-state index contributed by atoms with van der Waals surface area (Å²) in [6, 6.07) is 7.53. The summed E-state index contributed by atoms with van der Waals surface area (Å²) >= 11 is 0. The number of rotatable bonds is 3. The summed E-state index contributed by atoms with van der Waals surface area (Å²) in [6.45, 7) is 4.19. The van der Waals surface area contributed by atoms with Crippen molar-refractivity contribution in [3.05, 3.63) is 35.4 Å². The average molecular weight is 293 g/mol. The van der Waals surface area contributed by atoms with Crippen molar-refractivity contribution in [1.82, 2.24) is 4.90 Å². The fraction of sp³-hybridized carbons (Fsp3) is 0.588. The number of nitrogens with zero attached hydrogens (tertiary/aromatic N) is 1. The van der Waals surface area contributed by atoms with E-state index < -0.39 is 12.3 Å². The first-order chi connectivity index (χ1) is 9.97. The van der Waals surface area contributed by atoms with Crippen LogP contribution in [0.1, 0.15) is 42.1 Å². The van der Waals surface area contributed by atoms with Gasteiger partial charge in [0.05, 0.1) is 13.1 Å². The van der Waals surface area contributed by atoms with E-state index in [0.29, 0.717) is 17.4 Å². The molecule has 2 fully saturated rings. The number of hydrogen-bond donors (Lipinski definition) is 0. The molecule has 1 saturated heterocycles. The Morgan fingerprint density at radius 1 is 1.14 bits per heavy atom. The number of carbonyl (C=O) groups is 1. The Kier molecular flexibility index (Phi) is 3.72. The number of likely N-dealkylation sites (tertiary alicyclic amines) is 1. The molecule has 21 heavy (non-hydrogen) atoms. The smallest absolute Gasteiger partial charge is 0.254 e. The molecule has 1 aliphatic heterocycles. The predicted molar refractivity (Wildman–Crippen MR) is 77.8 cm³/mol. The van der Waals surface area contributed by atoms with E-state index >= 15 is 0 Å². The van der Waals surface area contributed by atoms with Gasteiger partial charge in [-0.2, -0.15) is 0 Å². The summed E-state index contributed by atoms with van der Waals surface area (Å²) in [5.74, 6) is 1.75. The zero-order valence-electron chi connectivity index (χ0n) is 12.4. The highest BCUT2D eigenvalue weighted by atomic mass is 19.2. The van der Waals surface area contributed by atoms with Crippen LogP contribution in [-0.2, 0) is 0 Å². The van der Waals surface area contributed by atoms with Gasteiger partial charge in [-0.25, -0.2) is 8.78 Å². The predicted octanol–water partition coefficient (Wildman–Crippen LogP) is 3.58. The molecule has 2 nitrogen and oxygen atoms in total. The molecule has 3 rings (SSSR count). The summed E-state index contributed by atoms with van der Waals surface area (Å²) in [7, 11) is 0. The molecule has 0 unspecified atom stereocenters. The number of alkyl halides is 2. The van der Waals surface area contributed by atoms with Crippen molar-refractivity contribution in [2.45, 2.75) is 38.5 Å². The van der Waals surface area contributed by atoms with Gasteiger partial charge in [0.25, 0.3) is 5.91 Å². The summed E-state index contributed by atoms with van der Waals surface area (Å²) < 4.78 is 26.3. The minimum absolute atomic E-state index is 0.139. The van der Waals surface area contributed by atoms with Gasteiger partial charge < -0.3 is 4.90 Å². The van der Waals surface area contributed by atoms with Crippen molar-refractivity contribution >= 4 is 5.91 Å². The summed E-state index contributed by atoms with van der Waals surface area (Å²) in [6.07, 6.45) is -1.89. The lowest BCUT2D eigenvalue weighted by atomic mass is 10.0. The highest BCUT2D eigenvalue weighted by Crippen LogP contribution is 2.51. The van der Waals surface area contributed by atoms with Gasteiger partial charge >= 0.3 is 0 Å². The van der Waals surface area contributed by atoms with Gasteiger partial charge in [-0.1, -0.05) is 26.0 Å². The second-order valence-corrected chi connectivity index (χ2v) is 6.61. The summed E-state index contributed by atoms with van der Waals surface area (Å²) in [4.78, 5) is 13.5. The highest BCUT2D eigenvalue weighted by molar-refractivity contribution is 5.94. The van der Waals surface area contributed by atoms with Crippen LogP contribution in [-0.4, -0.2) is 36.2 Å². The van der Waals surface area contributed by atoms with Crippen molar-refractivity contribution in [2.75, 3.05) is 13.1 Å². The van der Waals surface area contributed by atoms with E-state index in [-0.39, 0.29) is 19.0 Å². The lowest BCUT2D eigenvalue weighted by Crippen LogP contribution is -2.29. The zero-order valence-corrected chi connectivity index (χ0v) is 12.4. The van der Waals surface area contributed by atoms with Crippen LogP contribution in [0, 0.1) is 11.8 Å². The first kappa shape index (κ1) is 14.5. The van der Waals surface area contributed by atoms with Crippen LogP contribution >= 0.6 is 0 Å². The molecule has 1 aromatic rings. The molecule has 1 heterocycles. The molecule has 114 valence electrons. The molecule has 0 N–H and O–H groups in total. The minimum atomic E-state index is -1.55. The summed E-state index contributed by atoms with van der Waals surface area (Å²) in [5.41, 5.74) is 1.78. The van der Waals surface area contributed by atoms with Crippen LogP contribution in [0.3, 0.4) is 0 Å². The van der Waals surface area contributed by atoms with Crippen molar-refractivity contribution in [2.24, 2.45) is 11.8 Å². The fourth-order valence-electron chi connectivity index (χ4n) is 3.28. The SMILES string of the molecule is CC(C)[C@H]1C[C@@H]1c1ccc(C(=O)N2C[C@@H](F)[C@@H](F)C2)cc1. The average Bonchev–Trinajstić information content (AvgIpc) is 3.20. The van der Waals surface area contributed by atoms with Crippen molar-refractivity contribution in [3.63, 3.8) is 0 Å². The van der Waals surface area contributed by atoms with Gasteiger partial charge in [-0.3, -0.25) is 4.79 Å². The lowest BCUT2D eigenvalue weighted by molar-refractivity contribution is 0.0779. The molecule has 0 bridgehead atoms. The molecule has 1 saturated carbocycles. The second-order valence-electron chi connectivity index (χ2n) is 6.61. The number of amides is 1. The molecule has 0 radical (unpaired) electrons. The van der Waals surface area contributed by atoms with Crippen LogP contribution in [0.2, 0.25) is 0 Å². The molecule has 4 atom stereocenters. The van der Waals surface area contributed by atoms with Gasteiger partial charge in [0, 0.05) is 5.56 Å². The minimum Gasteiger partial charge on any atom is -0.333 e. The largest absolute Gasteiger partial charge is 0.333 e. The number of halogens is 2. The molecule has 4 heteroatoms. The fourth-order valence-corrected chi connectivity index (χ4v) is 3.28. The van der Waals surface area contributed by atoms with Crippen LogP contribution in [0.5, 0.6) is 0 Å². The molecule has 0 spiro atoms. The van der Waals surface area contributed by atoms with Crippen molar-refractivity contribution in [3.8, 4) is 0 Å². The topological polar surface area (TPSA) is 20.3 Å². The van der Waals surface area contributed by atoms with Gasteiger partial charge in [0.1, 0.15) is 0 Å². The number of carbonyl (C=O) groups excluding carboxylic acids is 1. The maximum absolute atomic E-state index is 13.2. The van der Waals surface area contributed by atoms with Gasteiger partial charge in [0.2, 0.25) is 0 Å². The summed E-state index contributed by atoms with van der Waals surface area (Å²) in [5, 5.41) is 0. The Morgan fingerprint density at radius 3 is 2.19 bits per heavy atom. The monoisotopic (exact) mass is 293 g/mol. The standard InChI is InChI=1S/C17H21F2NO/c1-10(2)13-7-14(13)11-3-5-12(6-4-11)17(21)20-8-15(18)16(19)9-20/h3-6,10,13-16H,7-9H2,1-2H3/t13-,14-,15-,16+/m1/s1. The second kappa shape index (κ2) is 5.39. The van der Waals surface area contributed by atoms with E-state index in [1.807, 2.05) is 12.1 Å². The van der Waals surface area contributed by atoms with Crippen LogP contribution < -0.4 is 0 Å². The van der Waals surface area contributed by atoms with Gasteiger partial charge in [0.15, 0.2) is 12.3 Å². The maximum atomic E-state index is 13.2. The molecule has 1 aliphatic carbocycles. The van der Waals surface area contributed by atoms with Crippen LogP contribution in [0.25, 0.3) is 0 Å².